The minimum atomic E-state index is -2.59. The summed E-state index contributed by atoms with van der Waals surface area (Å²) in [6, 6.07) is 5.83. The van der Waals surface area contributed by atoms with E-state index in [2.05, 4.69) is 15.9 Å². The summed E-state index contributed by atoms with van der Waals surface area (Å²) >= 11 is 3.10. The highest BCUT2D eigenvalue weighted by Crippen LogP contribution is 2.10. The van der Waals surface area contributed by atoms with Crippen LogP contribution in [0.15, 0.2) is 24.3 Å². The molecule has 0 fully saturated rings. The van der Waals surface area contributed by atoms with Gasteiger partial charge in [-0.3, -0.25) is 4.79 Å². The number of hydrogen-bond donors (Lipinski definition) is 0. The first-order chi connectivity index (χ1) is 8.54. The van der Waals surface area contributed by atoms with E-state index in [-0.39, 0.29) is 18.5 Å². The molecule has 0 radical (unpaired) electrons. The zero-order chi connectivity index (χ0) is 13.5. The van der Waals surface area contributed by atoms with Gasteiger partial charge in [-0.25, -0.2) is 13.2 Å². The standard InChI is InChI=1S/C12H13BrF3NO/c13-5-6-17(8-11(15)16)12(18)7-9-3-1-2-4-10(9)14/h1-4,11H,5-8H2. The van der Waals surface area contributed by atoms with E-state index in [1.807, 2.05) is 0 Å². The van der Waals surface area contributed by atoms with Gasteiger partial charge in [-0.05, 0) is 11.6 Å². The Bertz CT molecular complexity index is 401. The topological polar surface area (TPSA) is 20.3 Å². The van der Waals surface area contributed by atoms with E-state index < -0.39 is 24.7 Å². The Morgan fingerprint density at radius 2 is 2.00 bits per heavy atom. The number of alkyl halides is 3. The van der Waals surface area contributed by atoms with Gasteiger partial charge < -0.3 is 4.90 Å². The SMILES string of the molecule is O=C(Cc1ccccc1F)N(CCBr)CC(F)F. The molecule has 1 aromatic carbocycles. The quantitative estimate of drug-likeness (QED) is 0.737. The predicted octanol–water partition coefficient (Wildman–Crippen LogP) is 2.86. The summed E-state index contributed by atoms with van der Waals surface area (Å²) in [6.07, 6.45) is -2.79. The molecular weight excluding hydrogens is 311 g/mol. The van der Waals surface area contributed by atoms with Crippen molar-refractivity contribution in [2.24, 2.45) is 0 Å². The van der Waals surface area contributed by atoms with Crippen LogP contribution in [-0.2, 0) is 11.2 Å². The second kappa shape index (κ2) is 7.41. The Kier molecular flexibility index (Phi) is 6.18. The molecule has 2 nitrogen and oxygen atoms in total. The van der Waals surface area contributed by atoms with E-state index in [1.165, 1.54) is 18.2 Å². The number of halogens is 4. The molecular formula is C12H13BrF3NO. The van der Waals surface area contributed by atoms with E-state index >= 15 is 0 Å². The molecule has 0 aromatic heterocycles. The first kappa shape index (κ1) is 15.0. The fourth-order valence-electron chi connectivity index (χ4n) is 1.50. The van der Waals surface area contributed by atoms with Crippen molar-refractivity contribution in [1.29, 1.82) is 0 Å². The van der Waals surface area contributed by atoms with E-state index in [1.54, 1.807) is 6.07 Å². The highest BCUT2D eigenvalue weighted by Gasteiger charge is 2.18. The Morgan fingerprint density at radius 1 is 1.33 bits per heavy atom. The molecule has 1 amide bonds. The maximum atomic E-state index is 13.3. The van der Waals surface area contributed by atoms with Crippen LogP contribution in [0, 0.1) is 5.82 Å². The highest BCUT2D eigenvalue weighted by atomic mass is 79.9. The Hall–Kier alpha value is -1.04. The summed E-state index contributed by atoms with van der Waals surface area (Å²) in [5.74, 6) is -0.999. The van der Waals surface area contributed by atoms with E-state index in [0.29, 0.717) is 5.33 Å². The highest BCUT2D eigenvalue weighted by molar-refractivity contribution is 9.09. The van der Waals surface area contributed by atoms with Crippen LogP contribution < -0.4 is 0 Å². The second-order valence-electron chi connectivity index (χ2n) is 3.69. The average Bonchev–Trinajstić information content (AvgIpc) is 2.31. The molecule has 0 aliphatic heterocycles. The van der Waals surface area contributed by atoms with Crippen molar-refractivity contribution in [2.75, 3.05) is 18.4 Å². The minimum Gasteiger partial charge on any atom is -0.336 e. The van der Waals surface area contributed by atoms with Crippen molar-refractivity contribution in [2.45, 2.75) is 12.8 Å². The predicted molar refractivity (Wildman–Crippen MR) is 66.5 cm³/mol. The molecule has 0 heterocycles. The third-order valence-corrected chi connectivity index (χ3v) is 2.72. The number of benzene rings is 1. The minimum absolute atomic E-state index is 0.178. The van der Waals surface area contributed by atoms with Crippen LogP contribution in [0.2, 0.25) is 0 Å². The van der Waals surface area contributed by atoms with E-state index in [0.717, 1.165) is 4.90 Å². The molecule has 100 valence electrons. The van der Waals surface area contributed by atoms with Crippen LogP contribution >= 0.6 is 15.9 Å². The lowest BCUT2D eigenvalue weighted by molar-refractivity contribution is -0.132. The Morgan fingerprint density at radius 3 is 2.56 bits per heavy atom. The molecule has 0 unspecified atom stereocenters. The van der Waals surface area contributed by atoms with E-state index in [4.69, 9.17) is 0 Å². The molecule has 0 spiro atoms. The number of nitrogens with zero attached hydrogens (tertiary/aromatic N) is 1. The zero-order valence-electron chi connectivity index (χ0n) is 9.58. The van der Waals surface area contributed by atoms with Gasteiger partial charge in [0.25, 0.3) is 6.43 Å². The van der Waals surface area contributed by atoms with Crippen LogP contribution in [0.25, 0.3) is 0 Å². The Labute approximate surface area is 112 Å². The lowest BCUT2D eigenvalue weighted by Crippen LogP contribution is -2.37. The van der Waals surface area contributed by atoms with Crippen LogP contribution in [-0.4, -0.2) is 35.7 Å². The first-order valence-electron chi connectivity index (χ1n) is 5.40. The molecule has 0 aliphatic rings. The maximum Gasteiger partial charge on any atom is 0.255 e. The van der Waals surface area contributed by atoms with Crippen LogP contribution in [0.5, 0.6) is 0 Å². The van der Waals surface area contributed by atoms with Crippen molar-refractivity contribution in [3.63, 3.8) is 0 Å². The molecule has 0 saturated heterocycles. The number of rotatable bonds is 6. The number of carbonyl (C=O) groups excluding carboxylic acids is 1. The summed E-state index contributed by atoms with van der Waals surface area (Å²) in [4.78, 5) is 12.8. The largest absolute Gasteiger partial charge is 0.336 e. The average molecular weight is 324 g/mol. The van der Waals surface area contributed by atoms with Gasteiger partial charge in [-0.1, -0.05) is 34.1 Å². The van der Waals surface area contributed by atoms with Crippen molar-refractivity contribution in [1.82, 2.24) is 4.90 Å². The molecule has 18 heavy (non-hydrogen) atoms. The molecule has 0 bridgehead atoms. The summed E-state index contributed by atoms with van der Waals surface area (Å²) in [5.41, 5.74) is 0.219. The molecule has 0 atom stereocenters. The van der Waals surface area contributed by atoms with Crippen molar-refractivity contribution in [3.8, 4) is 0 Å². The Balaban J connectivity index is 2.69. The van der Waals surface area contributed by atoms with Gasteiger partial charge in [0.1, 0.15) is 5.82 Å². The van der Waals surface area contributed by atoms with E-state index in [9.17, 15) is 18.0 Å². The fraction of sp³-hybridized carbons (Fsp3) is 0.417. The van der Waals surface area contributed by atoms with Gasteiger partial charge in [-0.15, -0.1) is 0 Å². The summed E-state index contributed by atoms with van der Waals surface area (Å²) in [7, 11) is 0. The second-order valence-corrected chi connectivity index (χ2v) is 4.48. The van der Waals surface area contributed by atoms with Crippen molar-refractivity contribution in [3.05, 3.63) is 35.6 Å². The lowest BCUT2D eigenvalue weighted by Gasteiger charge is -2.21. The van der Waals surface area contributed by atoms with Crippen LogP contribution in [0.4, 0.5) is 13.2 Å². The monoisotopic (exact) mass is 323 g/mol. The maximum absolute atomic E-state index is 13.3. The third kappa shape index (κ3) is 4.68. The van der Waals surface area contributed by atoms with Crippen molar-refractivity contribution >= 4 is 21.8 Å². The number of hydrogen-bond acceptors (Lipinski definition) is 1. The van der Waals surface area contributed by atoms with Crippen LogP contribution in [0.3, 0.4) is 0 Å². The summed E-state index contributed by atoms with van der Waals surface area (Å²) in [6.45, 7) is -0.448. The van der Waals surface area contributed by atoms with Gasteiger partial charge in [0.05, 0.1) is 13.0 Å². The molecule has 6 heteroatoms. The van der Waals surface area contributed by atoms with Gasteiger partial charge in [0, 0.05) is 11.9 Å². The fourth-order valence-corrected chi connectivity index (χ4v) is 1.93. The first-order valence-corrected chi connectivity index (χ1v) is 6.52. The smallest absolute Gasteiger partial charge is 0.255 e. The van der Waals surface area contributed by atoms with Gasteiger partial charge in [-0.2, -0.15) is 0 Å². The number of carbonyl (C=O) groups is 1. The number of amides is 1. The zero-order valence-corrected chi connectivity index (χ0v) is 11.2. The molecule has 0 saturated carbocycles. The normalized spacial score (nSPS) is 10.7. The molecule has 1 rings (SSSR count). The summed E-state index contributed by atoms with van der Waals surface area (Å²) in [5, 5.41) is 0.405. The van der Waals surface area contributed by atoms with Gasteiger partial charge in [0.15, 0.2) is 0 Å². The summed E-state index contributed by atoms with van der Waals surface area (Å²) < 4.78 is 37.9. The molecule has 0 aliphatic carbocycles. The van der Waals surface area contributed by atoms with Gasteiger partial charge >= 0.3 is 0 Å². The van der Waals surface area contributed by atoms with Crippen LogP contribution in [0.1, 0.15) is 5.56 Å². The van der Waals surface area contributed by atoms with Gasteiger partial charge in [0.2, 0.25) is 5.91 Å². The van der Waals surface area contributed by atoms with Crippen molar-refractivity contribution < 1.29 is 18.0 Å². The molecule has 0 N–H and O–H groups in total. The molecule has 1 aromatic rings. The lowest BCUT2D eigenvalue weighted by atomic mass is 10.1. The third-order valence-electron chi connectivity index (χ3n) is 2.37.